The monoisotopic (exact) mass is 187 g/mol. The van der Waals surface area contributed by atoms with Crippen molar-refractivity contribution in [1.82, 2.24) is 5.32 Å². The van der Waals surface area contributed by atoms with Crippen molar-refractivity contribution >= 4 is 5.91 Å². The van der Waals surface area contributed by atoms with Gasteiger partial charge in [0.15, 0.2) is 11.9 Å². The third-order valence-electron chi connectivity index (χ3n) is 1.92. The first kappa shape index (κ1) is 10.5. The highest BCUT2D eigenvalue weighted by molar-refractivity contribution is 5.81. The lowest BCUT2D eigenvalue weighted by Crippen LogP contribution is -2.39. The van der Waals surface area contributed by atoms with E-state index in [1.54, 1.807) is 0 Å². The largest absolute Gasteiger partial charge is 0.354 e. The van der Waals surface area contributed by atoms with Crippen molar-refractivity contribution in [3.8, 4) is 0 Å². The third kappa shape index (κ3) is 2.42. The van der Waals surface area contributed by atoms with Crippen molar-refractivity contribution in [3.05, 3.63) is 0 Å². The minimum absolute atomic E-state index is 0.0967. The van der Waals surface area contributed by atoms with Gasteiger partial charge in [-0.1, -0.05) is 0 Å². The first-order chi connectivity index (χ1) is 5.96. The number of amides is 1. The second-order valence-electron chi connectivity index (χ2n) is 3.66. The smallest absolute Gasteiger partial charge is 0.251 e. The highest BCUT2D eigenvalue weighted by atomic mass is 16.8. The van der Waals surface area contributed by atoms with Crippen molar-refractivity contribution in [3.63, 3.8) is 0 Å². The van der Waals surface area contributed by atoms with E-state index in [1.807, 2.05) is 27.7 Å². The van der Waals surface area contributed by atoms with E-state index in [1.165, 1.54) is 0 Å². The molecule has 0 aromatic heterocycles. The summed E-state index contributed by atoms with van der Waals surface area (Å²) < 4.78 is 10.9. The molecule has 0 saturated carbocycles. The fraction of sp³-hybridized carbons (Fsp3) is 0.889. The van der Waals surface area contributed by atoms with E-state index in [0.717, 1.165) is 0 Å². The molecule has 13 heavy (non-hydrogen) atoms. The molecule has 1 fully saturated rings. The molecule has 0 aromatic carbocycles. The molecular formula is C9H17NO3. The van der Waals surface area contributed by atoms with Gasteiger partial charge in [0.1, 0.15) is 0 Å². The fourth-order valence-corrected chi connectivity index (χ4v) is 1.48. The molecular weight excluding hydrogens is 170 g/mol. The van der Waals surface area contributed by atoms with Crippen LogP contribution in [-0.2, 0) is 14.3 Å². The molecule has 0 aromatic rings. The normalized spacial score (nSPS) is 31.7. The number of likely N-dealkylation sites (N-methyl/N-ethyl adjacent to an activating group) is 1. The Bertz CT molecular complexity index is 203. The van der Waals surface area contributed by atoms with Crippen LogP contribution in [0, 0.1) is 0 Å². The first-order valence-corrected chi connectivity index (χ1v) is 4.59. The van der Waals surface area contributed by atoms with Crippen LogP contribution in [0.25, 0.3) is 0 Å². The van der Waals surface area contributed by atoms with E-state index in [9.17, 15) is 4.79 Å². The van der Waals surface area contributed by atoms with E-state index < -0.39 is 11.9 Å². The average molecular weight is 187 g/mol. The van der Waals surface area contributed by atoms with Crippen LogP contribution in [0.5, 0.6) is 0 Å². The Morgan fingerprint density at radius 1 is 1.46 bits per heavy atom. The van der Waals surface area contributed by atoms with E-state index in [0.29, 0.717) is 6.54 Å². The van der Waals surface area contributed by atoms with Gasteiger partial charge in [-0.25, -0.2) is 0 Å². The van der Waals surface area contributed by atoms with Crippen LogP contribution in [0.1, 0.15) is 27.7 Å². The molecule has 1 saturated heterocycles. The predicted molar refractivity (Wildman–Crippen MR) is 48.2 cm³/mol. The standard InChI is InChI=1S/C9H17NO3/c1-5-10-8(11)7-6(2)12-9(3,4)13-7/h6-7H,5H2,1-4H3,(H,10,11)/t6-,7?/m0/s1. The van der Waals surface area contributed by atoms with Crippen LogP contribution in [0.4, 0.5) is 0 Å². The van der Waals surface area contributed by atoms with E-state index in [4.69, 9.17) is 9.47 Å². The molecule has 1 amide bonds. The van der Waals surface area contributed by atoms with Gasteiger partial charge in [-0.3, -0.25) is 4.79 Å². The van der Waals surface area contributed by atoms with Crippen molar-refractivity contribution in [2.45, 2.75) is 45.7 Å². The Morgan fingerprint density at radius 2 is 2.08 bits per heavy atom. The van der Waals surface area contributed by atoms with Crippen molar-refractivity contribution in [1.29, 1.82) is 0 Å². The lowest BCUT2D eigenvalue weighted by molar-refractivity contribution is -0.155. The topological polar surface area (TPSA) is 47.6 Å². The summed E-state index contributed by atoms with van der Waals surface area (Å²) in [7, 11) is 0. The molecule has 0 radical (unpaired) electrons. The van der Waals surface area contributed by atoms with Crippen LogP contribution >= 0.6 is 0 Å². The summed E-state index contributed by atoms with van der Waals surface area (Å²) in [6, 6.07) is 0. The molecule has 1 N–H and O–H groups in total. The number of carbonyl (C=O) groups excluding carboxylic acids is 1. The maximum Gasteiger partial charge on any atom is 0.251 e. The molecule has 1 unspecified atom stereocenters. The number of ether oxygens (including phenoxy) is 2. The molecule has 4 heteroatoms. The molecule has 1 rings (SSSR count). The zero-order chi connectivity index (χ0) is 10.1. The molecule has 1 aliphatic rings. The third-order valence-corrected chi connectivity index (χ3v) is 1.92. The summed E-state index contributed by atoms with van der Waals surface area (Å²) in [6.45, 7) is 7.95. The second kappa shape index (κ2) is 3.64. The minimum Gasteiger partial charge on any atom is -0.354 e. The summed E-state index contributed by atoms with van der Waals surface area (Å²) in [5, 5.41) is 2.71. The summed E-state index contributed by atoms with van der Waals surface area (Å²) in [5.41, 5.74) is 0. The van der Waals surface area contributed by atoms with Gasteiger partial charge in [0, 0.05) is 6.54 Å². The molecule has 76 valence electrons. The summed E-state index contributed by atoms with van der Waals surface area (Å²) in [4.78, 5) is 11.4. The molecule has 1 heterocycles. The first-order valence-electron chi connectivity index (χ1n) is 4.59. The van der Waals surface area contributed by atoms with Crippen molar-refractivity contribution in [2.75, 3.05) is 6.54 Å². The summed E-state index contributed by atoms with van der Waals surface area (Å²) in [6.07, 6.45) is -0.656. The Morgan fingerprint density at radius 3 is 2.46 bits per heavy atom. The highest BCUT2D eigenvalue weighted by Crippen LogP contribution is 2.27. The Balaban J connectivity index is 2.57. The molecule has 0 bridgehead atoms. The predicted octanol–water partition coefficient (Wildman–Crippen LogP) is 0.662. The molecule has 4 nitrogen and oxygen atoms in total. The van der Waals surface area contributed by atoms with Crippen LogP contribution in [-0.4, -0.2) is 30.4 Å². The van der Waals surface area contributed by atoms with E-state index in [-0.39, 0.29) is 12.0 Å². The Kier molecular flexibility index (Phi) is 2.93. The van der Waals surface area contributed by atoms with Crippen LogP contribution in [0.3, 0.4) is 0 Å². The SMILES string of the molecule is CCNC(=O)C1OC(C)(C)O[C@H]1C. The number of carbonyl (C=O) groups is 1. The summed E-state index contributed by atoms with van der Waals surface area (Å²) in [5.74, 6) is -0.740. The number of hydrogen-bond acceptors (Lipinski definition) is 3. The van der Waals surface area contributed by atoms with E-state index >= 15 is 0 Å². The van der Waals surface area contributed by atoms with Crippen LogP contribution in [0.15, 0.2) is 0 Å². The highest BCUT2D eigenvalue weighted by Gasteiger charge is 2.42. The fourth-order valence-electron chi connectivity index (χ4n) is 1.48. The second-order valence-corrected chi connectivity index (χ2v) is 3.66. The van der Waals surface area contributed by atoms with Crippen LogP contribution < -0.4 is 5.32 Å². The number of nitrogens with one attached hydrogen (secondary N) is 1. The molecule has 1 aliphatic heterocycles. The Hall–Kier alpha value is -0.610. The Labute approximate surface area is 78.6 Å². The van der Waals surface area contributed by atoms with Gasteiger partial charge in [-0.2, -0.15) is 0 Å². The lowest BCUT2D eigenvalue weighted by atomic mass is 10.2. The van der Waals surface area contributed by atoms with Gasteiger partial charge in [0.05, 0.1) is 6.10 Å². The lowest BCUT2D eigenvalue weighted by Gasteiger charge is -2.16. The van der Waals surface area contributed by atoms with Gasteiger partial charge in [-0.15, -0.1) is 0 Å². The zero-order valence-corrected chi connectivity index (χ0v) is 8.59. The van der Waals surface area contributed by atoms with Crippen molar-refractivity contribution in [2.24, 2.45) is 0 Å². The van der Waals surface area contributed by atoms with E-state index in [2.05, 4.69) is 5.32 Å². The maximum atomic E-state index is 11.4. The average Bonchev–Trinajstić information content (AvgIpc) is 2.25. The number of hydrogen-bond donors (Lipinski definition) is 1. The molecule has 0 aliphatic carbocycles. The van der Waals surface area contributed by atoms with Gasteiger partial charge >= 0.3 is 0 Å². The van der Waals surface area contributed by atoms with Crippen LogP contribution in [0.2, 0.25) is 0 Å². The quantitative estimate of drug-likeness (QED) is 0.691. The maximum absolute atomic E-state index is 11.4. The van der Waals surface area contributed by atoms with Gasteiger partial charge in [0.25, 0.3) is 5.91 Å². The van der Waals surface area contributed by atoms with Gasteiger partial charge in [-0.05, 0) is 27.7 Å². The summed E-state index contributed by atoms with van der Waals surface area (Å²) >= 11 is 0. The van der Waals surface area contributed by atoms with Gasteiger partial charge in [0.2, 0.25) is 0 Å². The minimum atomic E-state index is -0.644. The molecule has 2 atom stereocenters. The van der Waals surface area contributed by atoms with Crippen molar-refractivity contribution < 1.29 is 14.3 Å². The zero-order valence-electron chi connectivity index (χ0n) is 8.59. The van der Waals surface area contributed by atoms with Gasteiger partial charge < -0.3 is 14.8 Å². The molecule has 0 spiro atoms. The number of rotatable bonds is 2.